The molecule has 0 aliphatic rings. The van der Waals surface area contributed by atoms with E-state index in [1.807, 2.05) is 79.0 Å². The van der Waals surface area contributed by atoms with Gasteiger partial charge >= 0.3 is 0 Å². The highest BCUT2D eigenvalue weighted by atomic mass is 16.5. The topological polar surface area (TPSA) is 65.8 Å². The van der Waals surface area contributed by atoms with Crippen LogP contribution in [0, 0.1) is 0 Å². The molecule has 3 aromatic carbocycles. The van der Waals surface area contributed by atoms with Gasteiger partial charge in [0.1, 0.15) is 11.4 Å². The van der Waals surface area contributed by atoms with E-state index in [0.29, 0.717) is 18.0 Å². The summed E-state index contributed by atoms with van der Waals surface area (Å²) in [6.45, 7) is 0.464. The summed E-state index contributed by atoms with van der Waals surface area (Å²) in [6.07, 6.45) is 5.27. The first kappa shape index (κ1) is 24.6. The van der Waals surface area contributed by atoms with Crippen molar-refractivity contribution in [3.8, 4) is 34.2 Å². The Hall–Kier alpha value is -4.52. The van der Waals surface area contributed by atoms with Gasteiger partial charge in [0.2, 0.25) is 5.91 Å². The lowest BCUT2D eigenvalue weighted by atomic mass is 10.1. The Balaban J connectivity index is 1.64. The molecule has 0 radical (unpaired) electrons. The predicted octanol–water partition coefficient (Wildman–Crippen LogP) is 5.24. The van der Waals surface area contributed by atoms with Crippen LogP contribution in [0.15, 0.2) is 85.1 Å². The Morgan fingerprint density at radius 3 is 2.42 bits per heavy atom. The predicted molar refractivity (Wildman–Crippen MR) is 141 cm³/mol. The van der Waals surface area contributed by atoms with Gasteiger partial charge in [-0.25, -0.2) is 4.68 Å². The normalized spacial score (nSPS) is 10.9. The largest absolute Gasteiger partial charge is 0.497 e. The van der Waals surface area contributed by atoms with E-state index in [1.165, 1.54) is 0 Å². The van der Waals surface area contributed by atoms with Crippen LogP contribution in [0.2, 0.25) is 0 Å². The number of hydrogen-bond acceptors (Lipinski definition) is 5. The van der Waals surface area contributed by atoms with Gasteiger partial charge in [0.25, 0.3) is 0 Å². The first-order valence-electron chi connectivity index (χ1n) is 11.5. The summed E-state index contributed by atoms with van der Waals surface area (Å²) in [4.78, 5) is 14.6. The average molecular weight is 484 g/mol. The molecule has 4 rings (SSSR count). The quantitative estimate of drug-likeness (QED) is 0.305. The average Bonchev–Trinajstić information content (AvgIpc) is 3.36. The second kappa shape index (κ2) is 11.3. The SMILES string of the molecule is COc1cccc(CN(C)C(=O)/C=C/c2cn(-c3ccccc3)nc2-c2ccc(OC)c(OC)c2)c1. The molecule has 0 aliphatic carbocycles. The molecule has 7 heteroatoms. The summed E-state index contributed by atoms with van der Waals surface area (Å²) < 4.78 is 17.9. The summed E-state index contributed by atoms with van der Waals surface area (Å²) in [7, 11) is 6.60. The highest BCUT2D eigenvalue weighted by molar-refractivity contribution is 5.92. The van der Waals surface area contributed by atoms with Crippen molar-refractivity contribution in [3.05, 3.63) is 96.2 Å². The summed E-state index contributed by atoms with van der Waals surface area (Å²) in [5.74, 6) is 1.88. The third-order valence-corrected chi connectivity index (χ3v) is 5.76. The highest BCUT2D eigenvalue weighted by Crippen LogP contribution is 2.33. The van der Waals surface area contributed by atoms with E-state index in [0.717, 1.165) is 33.8 Å². The Morgan fingerprint density at radius 1 is 0.917 bits per heavy atom. The number of carbonyl (C=O) groups excluding carboxylic acids is 1. The smallest absolute Gasteiger partial charge is 0.246 e. The van der Waals surface area contributed by atoms with Crippen molar-refractivity contribution >= 4 is 12.0 Å². The number of amides is 1. The van der Waals surface area contributed by atoms with Crippen LogP contribution in [-0.4, -0.2) is 49.0 Å². The van der Waals surface area contributed by atoms with Crippen LogP contribution in [0.5, 0.6) is 17.2 Å². The zero-order valence-electron chi connectivity index (χ0n) is 20.8. The first-order valence-corrected chi connectivity index (χ1v) is 11.5. The standard InChI is InChI=1S/C29H29N3O4/c1-31(19-21-9-8-12-25(17-21)34-2)28(33)16-14-23-20-32(24-10-6-5-7-11-24)30-29(23)22-13-15-26(35-3)27(18-22)36-4/h5-18,20H,19H2,1-4H3/b16-14+. The molecule has 0 N–H and O–H groups in total. The molecule has 0 fully saturated rings. The van der Waals surface area contributed by atoms with E-state index in [-0.39, 0.29) is 5.91 Å². The van der Waals surface area contributed by atoms with E-state index < -0.39 is 0 Å². The maximum Gasteiger partial charge on any atom is 0.246 e. The van der Waals surface area contributed by atoms with Gasteiger partial charge in [-0.3, -0.25) is 4.79 Å². The first-order chi connectivity index (χ1) is 17.5. The van der Waals surface area contributed by atoms with E-state index in [1.54, 1.807) is 50.1 Å². The van der Waals surface area contributed by atoms with E-state index in [9.17, 15) is 4.79 Å². The van der Waals surface area contributed by atoms with Crippen LogP contribution >= 0.6 is 0 Å². The van der Waals surface area contributed by atoms with Gasteiger partial charge in [0.15, 0.2) is 11.5 Å². The Morgan fingerprint density at radius 2 is 1.69 bits per heavy atom. The lowest BCUT2D eigenvalue weighted by Gasteiger charge is -2.15. The second-order valence-electron chi connectivity index (χ2n) is 8.16. The molecule has 184 valence electrons. The molecule has 36 heavy (non-hydrogen) atoms. The van der Waals surface area contributed by atoms with E-state index >= 15 is 0 Å². The van der Waals surface area contributed by atoms with Crippen molar-refractivity contribution in [3.63, 3.8) is 0 Å². The molecule has 0 saturated carbocycles. The lowest BCUT2D eigenvalue weighted by Crippen LogP contribution is -2.24. The number of para-hydroxylation sites is 1. The zero-order chi connectivity index (χ0) is 25.5. The highest BCUT2D eigenvalue weighted by Gasteiger charge is 2.15. The number of nitrogens with zero attached hydrogens (tertiary/aromatic N) is 3. The number of aromatic nitrogens is 2. The van der Waals surface area contributed by atoms with Crippen molar-refractivity contribution < 1.29 is 19.0 Å². The fraction of sp³-hybridized carbons (Fsp3) is 0.172. The van der Waals surface area contributed by atoms with Crippen LogP contribution in [0.4, 0.5) is 0 Å². The molecule has 0 aliphatic heterocycles. The zero-order valence-corrected chi connectivity index (χ0v) is 20.8. The van der Waals surface area contributed by atoms with Crippen molar-refractivity contribution in [1.82, 2.24) is 14.7 Å². The fourth-order valence-corrected chi connectivity index (χ4v) is 3.84. The minimum absolute atomic E-state index is 0.122. The minimum Gasteiger partial charge on any atom is -0.497 e. The van der Waals surface area contributed by atoms with Crippen LogP contribution in [0.1, 0.15) is 11.1 Å². The summed E-state index contributed by atoms with van der Waals surface area (Å²) in [6, 6.07) is 23.2. The van der Waals surface area contributed by atoms with Gasteiger partial charge in [-0.05, 0) is 54.1 Å². The number of methoxy groups -OCH3 is 3. The molecule has 0 unspecified atom stereocenters. The molecule has 1 heterocycles. The third-order valence-electron chi connectivity index (χ3n) is 5.76. The van der Waals surface area contributed by atoms with Gasteiger partial charge in [0, 0.05) is 37.0 Å². The Kier molecular flexibility index (Phi) is 7.70. The van der Waals surface area contributed by atoms with Crippen molar-refractivity contribution in [2.75, 3.05) is 28.4 Å². The lowest BCUT2D eigenvalue weighted by molar-refractivity contribution is -0.125. The van der Waals surface area contributed by atoms with Crippen LogP contribution in [0.3, 0.4) is 0 Å². The number of rotatable bonds is 9. The number of ether oxygens (including phenoxy) is 3. The molecular formula is C29H29N3O4. The molecule has 0 atom stereocenters. The number of benzene rings is 3. The molecule has 0 bridgehead atoms. The minimum atomic E-state index is -0.122. The van der Waals surface area contributed by atoms with Crippen molar-refractivity contribution in [2.45, 2.75) is 6.54 Å². The van der Waals surface area contributed by atoms with Crippen molar-refractivity contribution in [2.24, 2.45) is 0 Å². The van der Waals surface area contributed by atoms with Gasteiger partial charge in [-0.2, -0.15) is 5.10 Å². The Labute approximate surface area is 211 Å². The second-order valence-corrected chi connectivity index (χ2v) is 8.16. The molecule has 0 spiro atoms. The van der Waals surface area contributed by atoms with Crippen LogP contribution < -0.4 is 14.2 Å². The van der Waals surface area contributed by atoms with E-state index in [4.69, 9.17) is 19.3 Å². The van der Waals surface area contributed by atoms with Gasteiger partial charge in [0.05, 0.1) is 27.0 Å². The monoisotopic (exact) mass is 483 g/mol. The fourth-order valence-electron chi connectivity index (χ4n) is 3.84. The maximum atomic E-state index is 12.9. The molecule has 1 aromatic heterocycles. The maximum absolute atomic E-state index is 12.9. The molecule has 7 nitrogen and oxygen atoms in total. The molecular weight excluding hydrogens is 454 g/mol. The third kappa shape index (κ3) is 5.58. The summed E-state index contributed by atoms with van der Waals surface area (Å²) in [5, 5.41) is 4.82. The molecule has 0 saturated heterocycles. The molecule has 4 aromatic rings. The van der Waals surface area contributed by atoms with Gasteiger partial charge in [-0.1, -0.05) is 30.3 Å². The summed E-state index contributed by atoms with van der Waals surface area (Å²) >= 11 is 0. The number of hydrogen-bond donors (Lipinski definition) is 0. The van der Waals surface area contributed by atoms with Gasteiger partial charge in [-0.15, -0.1) is 0 Å². The van der Waals surface area contributed by atoms with Crippen LogP contribution in [0.25, 0.3) is 23.0 Å². The summed E-state index contributed by atoms with van der Waals surface area (Å²) in [5.41, 5.74) is 4.27. The Bertz CT molecular complexity index is 1360. The molecule has 1 amide bonds. The van der Waals surface area contributed by atoms with Crippen molar-refractivity contribution in [1.29, 1.82) is 0 Å². The van der Waals surface area contributed by atoms with Crippen LogP contribution in [-0.2, 0) is 11.3 Å². The van der Waals surface area contributed by atoms with Gasteiger partial charge < -0.3 is 19.1 Å². The number of likely N-dealkylation sites (N-methyl/N-ethyl adjacent to an activating group) is 1. The number of carbonyl (C=O) groups is 1. The van der Waals surface area contributed by atoms with E-state index in [2.05, 4.69) is 0 Å².